The highest BCUT2D eigenvalue weighted by Gasteiger charge is 2.28. The first kappa shape index (κ1) is 72.1. The number of aliphatic hydroxyl groups is 1. The van der Waals surface area contributed by atoms with Crippen molar-refractivity contribution in [3.8, 4) is 0 Å². The molecule has 2 N–H and O–H groups in total. The van der Waals surface area contributed by atoms with Crippen LogP contribution in [0.5, 0.6) is 0 Å². The highest BCUT2D eigenvalue weighted by atomic mass is 31.2. The summed E-state index contributed by atoms with van der Waals surface area (Å²) in [6.07, 6.45) is 68.9. The number of ether oxygens (including phenoxy) is 3. The summed E-state index contributed by atoms with van der Waals surface area (Å²) in [5.41, 5.74) is 0. The van der Waals surface area contributed by atoms with Crippen molar-refractivity contribution in [3.63, 3.8) is 0 Å². The minimum absolute atomic E-state index is 0.142. The Morgan fingerprint density at radius 1 is 0.382 bits per heavy atom. The fourth-order valence-electron chi connectivity index (χ4n) is 7.69. The van der Waals surface area contributed by atoms with Gasteiger partial charge in [-0.2, -0.15) is 0 Å². The monoisotopic (exact) mass is 1080 g/mol. The maximum Gasteiger partial charge on any atom is 0.472 e. The molecule has 3 unspecified atom stereocenters. The molecule has 0 aromatic carbocycles. The van der Waals surface area contributed by atoms with E-state index in [2.05, 4.69) is 130 Å². The van der Waals surface area contributed by atoms with Gasteiger partial charge in [-0.1, -0.05) is 207 Å². The van der Waals surface area contributed by atoms with E-state index >= 15 is 0 Å². The van der Waals surface area contributed by atoms with E-state index in [9.17, 15) is 28.9 Å². The van der Waals surface area contributed by atoms with Crippen LogP contribution in [0.4, 0.5) is 0 Å². The van der Waals surface area contributed by atoms with E-state index in [1.807, 2.05) is 0 Å². The van der Waals surface area contributed by atoms with Crippen molar-refractivity contribution >= 4 is 25.7 Å². The summed E-state index contributed by atoms with van der Waals surface area (Å²) >= 11 is 0. The fourth-order valence-corrected chi connectivity index (χ4v) is 8.47. The number of rotatable bonds is 54. The van der Waals surface area contributed by atoms with Crippen LogP contribution in [0.1, 0.15) is 239 Å². The number of aliphatic hydroxyl groups excluding tert-OH is 1. The summed E-state index contributed by atoms with van der Waals surface area (Å²) in [6.45, 7) is 4.34. The van der Waals surface area contributed by atoms with Crippen LogP contribution in [0.15, 0.2) is 109 Å². The molecular formula is C64H107O11P. The third-order valence-corrected chi connectivity index (χ3v) is 13.1. The Bertz CT molecular complexity index is 1690. The van der Waals surface area contributed by atoms with Crippen molar-refractivity contribution in [1.29, 1.82) is 0 Å². The number of allylic oxidation sites excluding steroid dienone is 18. The third kappa shape index (κ3) is 54.9. The van der Waals surface area contributed by atoms with E-state index in [0.717, 1.165) is 161 Å². The molecule has 0 rings (SSSR count). The van der Waals surface area contributed by atoms with Gasteiger partial charge in [0.2, 0.25) is 0 Å². The van der Waals surface area contributed by atoms with Crippen LogP contribution in [-0.2, 0) is 42.2 Å². The van der Waals surface area contributed by atoms with Gasteiger partial charge >= 0.3 is 25.7 Å². The fraction of sp³-hybridized carbons (Fsp3) is 0.672. The van der Waals surface area contributed by atoms with Crippen LogP contribution >= 0.6 is 7.82 Å². The number of unbranched alkanes of at least 4 members (excludes halogenated alkanes) is 19. The van der Waals surface area contributed by atoms with Gasteiger partial charge in [0, 0.05) is 19.3 Å². The number of phosphoric acid groups is 1. The minimum Gasteiger partial charge on any atom is -0.462 e. The number of phosphoric ester groups is 1. The molecule has 0 radical (unpaired) electrons. The Labute approximate surface area is 463 Å². The van der Waals surface area contributed by atoms with Crippen LogP contribution in [0.25, 0.3) is 0 Å². The van der Waals surface area contributed by atoms with Gasteiger partial charge in [0.1, 0.15) is 12.7 Å². The average molecular weight is 1080 g/mol. The predicted octanol–water partition coefficient (Wildman–Crippen LogP) is 17.8. The van der Waals surface area contributed by atoms with Crippen molar-refractivity contribution in [2.24, 2.45) is 0 Å². The number of carbonyl (C=O) groups excluding carboxylic acids is 3. The quantitative estimate of drug-likeness (QED) is 0.0197. The van der Waals surface area contributed by atoms with Gasteiger partial charge in [0.15, 0.2) is 6.10 Å². The predicted molar refractivity (Wildman–Crippen MR) is 316 cm³/mol. The average Bonchev–Trinajstić information content (AvgIpc) is 3.41. The molecule has 0 heterocycles. The number of carbonyl (C=O) groups is 3. The Morgan fingerprint density at radius 3 is 1.05 bits per heavy atom. The van der Waals surface area contributed by atoms with Crippen LogP contribution in [0.2, 0.25) is 0 Å². The first-order valence-electron chi connectivity index (χ1n) is 29.8. The molecule has 0 aliphatic heterocycles. The van der Waals surface area contributed by atoms with E-state index in [1.54, 1.807) is 0 Å². The van der Waals surface area contributed by atoms with Crippen molar-refractivity contribution in [2.75, 3.05) is 26.4 Å². The molecule has 0 bridgehead atoms. The molecule has 0 aliphatic carbocycles. The summed E-state index contributed by atoms with van der Waals surface area (Å²) in [5.74, 6) is -1.52. The van der Waals surface area contributed by atoms with E-state index in [0.29, 0.717) is 19.3 Å². The van der Waals surface area contributed by atoms with Gasteiger partial charge in [0.05, 0.1) is 19.8 Å². The topological polar surface area (TPSA) is 155 Å². The van der Waals surface area contributed by atoms with E-state index in [-0.39, 0.29) is 25.9 Å². The first-order chi connectivity index (χ1) is 37.2. The minimum atomic E-state index is -4.77. The standard InChI is InChI=1S/C64H107O11P/c1-4-7-10-13-16-19-22-25-28-29-30-31-34-37-40-43-46-49-52-55-64(68)75-61(57-71-62(66)53-50-47-44-41-38-35-32-26-23-20-17-14-11-8-5-2)59-73-76(69,70)72-58-60(56-65)74-63(67)54-51-48-45-42-39-36-33-27-24-21-18-15-12-9-6-3/h7,9-10,12,16-21,25-28,30-33,60-61,65H,4-6,8,11,13-15,22-24,29,34-59H2,1-3H3,(H,69,70)/b10-7-,12-9-,19-16-,20-17-,21-18-,28-25-,31-30-,32-26-,33-27-. The molecule has 3 atom stereocenters. The number of esters is 3. The molecular weight excluding hydrogens is 976 g/mol. The number of hydrogen-bond acceptors (Lipinski definition) is 10. The zero-order valence-corrected chi connectivity index (χ0v) is 48.8. The van der Waals surface area contributed by atoms with Crippen molar-refractivity contribution < 1.29 is 52.2 Å². The molecule has 434 valence electrons. The van der Waals surface area contributed by atoms with Crippen molar-refractivity contribution in [2.45, 2.75) is 251 Å². The van der Waals surface area contributed by atoms with Gasteiger partial charge < -0.3 is 24.2 Å². The van der Waals surface area contributed by atoms with Gasteiger partial charge in [0.25, 0.3) is 0 Å². The van der Waals surface area contributed by atoms with Crippen molar-refractivity contribution in [1.82, 2.24) is 0 Å². The van der Waals surface area contributed by atoms with Crippen molar-refractivity contribution in [3.05, 3.63) is 109 Å². The zero-order chi connectivity index (χ0) is 55.5. The maximum absolute atomic E-state index is 12.9. The molecule has 76 heavy (non-hydrogen) atoms. The summed E-state index contributed by atoms with van der Waals surface area (Å²) in [5, 5.41) is 9.82. The third-order valence-electron chi connectivity index (χ3n) is 12.2. The molecule has 12 heteroatoms. The van der Waals surface area contributed by atoms with Crippen LogP contribution in [-0.4, -0.2) is 66.5 Å². The lowest BCUT2D eigenvalue weighted by atomic mass is 10.1. The molecule has 0 aromatic rings. The second-order valence-corrected chi connectivity index (χ2v) is 20.8. The number of hydrogen-bond donors (Lipinski definition) is 2. The highest BCUT2D eigenvalue weighted by molar-refractivity contribution is 7.47. The molecule has 11 nitrogen and oxygen atoms in total. The lowest BCUT2D eigenvalue weighted by Crippen LogP contribution is -2.30. The molecule has 0 aromatic heterocycles. The van der Waals surface area contributed by atoms with Crippen LogP contribution in [0, 0.1) is 0 Å². The Hall–Kier alpha value is -3.86. The Morgan fingerprint density at radius 2 is 0.684 bits per heavy atom. The smallest absolute Gasteiger partial charge is 0.462 e. The van der Waals surface area contributed by atoms with E-state index in [4.69, 9.17) is 23.3 Å². The molecule has 0 saturated carbocycles. The zero-order valence-electron chi connectivity index (χ0n) is 47.9. The summed E-state index contributed by atoms with van der Waals surface area (Å²) in [6, 6.07) is 0. The second kappa shape index (κ2) is 57.3. The van der Waals surface area contributed by atoms with Gasteiger partial charge in [-0.25, -0.2) is 4.57 Å². The molecule has 0 amide bonds. The van der Waals surface area contributed by atoms with Crippen LogP contribution in [0.3, 0.4) is 0 Å². The molecule has 0 saturated heterocycles. The largest absolute Gasteiger partial charge is 0.472 e. The first-order valence-corrected chi connectivity index (χ1v) is 31.3. The van der Waals surface area contributed by atoms with E-state index in [1.165, 1.54) is 19.3 Å². The molecule has 0 aliphatic rings. The van der Waals surface area contributed by atoms with E-state index < -0.39 is 57.8 Å². The van der Waals surface area contributed by atoms with Gasteiger partial charge in [-0.05, 0) is 122 Å². The SMILES string of the molecule is CC/C=C\C/C=C\C/C=C\C/C=C\CCCCCCCCC(=O)OC(COC(=O)CCCCCCC/C=C\C/C=C\CCCCC)COP(=O)(O)OCC(CO)OC(=O)CCCCCCC/C=C\C/C=C\C/C=C\CC. The van der Waals surface area contributed by atoms with Crippen LogP contribution < -0.4 is 0 Å². The van der Waals surface area contributed by atoms with Gasteiger partial charge in [-0.3, -0.25) is 23.4 Å². The maximum atomic E-state index is 12.9. The Kier molecular flexibility index (Phi) is 54.4. The lowest BCUT2D eigenvalue weighted by Gasteiger charge is -2.21. The van der Waals surface area contributed by atoms with Gasteiger partial charge in [-0.15, -0.1) is 0 Å². The summed E-state index contributed by atoms with van der Waals surface area (Å²) < 4.78 is 39.5. The molecule has 0 spiro atoms. The Balaban J connectivity index is 4.79. The molecule has 0 fully saturated rings. The summed E-state index contributed by atoms with van der Waals surface area (Å²) in [7, 11) is -4.77. The summed E-state index contributed by atoms with van der Waals surface area (Å²) in [4.78, 5) is 48.6. The highest BCUT2D eigenvalue weighted by Crippen LogP contribution is 2.43. The normalized spacial score (nSPS) is 14.1. The second-order valence-electron chi connectivity index (χ2n) is 19.4. The lowest BCUT2D eigenvalue weighted by molar-refractivity contribution is -0.161.